The Bertz CT molecular complexity index is 934. The van der Waals surface area contributed by atoms with E-state index in [4.69, 9.17) is 0 Å². The van der Waals surface area contributed by atoms with E-state index in [9.17, 15) is 0 Å². The van der Waals surface area contributed by atoms with Crippen molar-refractivity contribution in [2.24, 2.45) is 0 Å². The number of hydrogen-bond donors (Lipinski definition) is 0. The molecule has 202 valence electrons. The van der Waals surface area contributed by atoms with Gasteiger partial charge in [0.2, 0.25) is 0 Å². The van der Waals surface area contributed by atoms with Crippen molar-refractivity contribution < 1.29 is 0 Å². The molecule has 0 nitrogen and oxygen atoms in total. The van der Waals surface area contributed by atoms with Gasteiger partial charge in [-0.3, -0.25) is 0 Å². The fourth-order valence-electron chi connectivity index (χ4n) is 6.10. The first kappa shape index (κ1) is 31.1. The maximum absolute atomic E-state index is 4.65. The van der Waals surface area contributed by atoms with Gasteiger partial charge in [0.1, 0.15) is 0 Å². The third kappa shape index (κ3) is 8.03. The molecule has 0 N–H and O–H groups in total. The average Bonchev–Trinajstić information content (AvgIpc) is 2.95. The van der Waals surface area contributed by atoms with Gasteiger partial charge in [-0.1, -0.05) is 0 Å². The second-order valence-corrected chi connectivity index (χ2v) is 24.0. The Labute approximate surface area is 251 Å². The first-order valence-corrected chi connectivity index (χ1v) is 21.0. The van der Waals surface area contributed by atoms with Crippen molar-refractivity contribution >= 4 is 52.7 Å². The van der Waals surface area contributed by atoms with Crippen LogP contribution in [0.1, 0.15) is 69.1 Å². The van der Waals surface area contributed by atoms with E-state index in [2.05, 4.69) is 152 Å². The van der Waals surface area contributed by atoms with E-state index < -0.39 is 5.31 Å². The third-order valence-corrected chi connectivity index (χ3v) is 20.5. The number of rotatable bonds is 16. The van der Waals surface area contributed by atoms with Crippen LogP contribution in [0.25, 0.3) is 0 Å². The van der Waals surface area contributed by atoms with Crippen molar-refractivity contribution in [3.8, 4) is 0 Å². The molecule has 0 radical (unpaired) electrons. The molecule has 3 rings (SSSR count). The first-order valence-electron chi connectivity index (χ1n) is 14.0. The second-order valence-electron chi connectivity index (χ2n) is 10.7. The van der Waals surface area contributed by atoms with E-state index in [-0.39, 0.29) is 5.41 Å². The Kier molecular flexibility index (Phi) is 12.4. The summed E-state index contributed by atoms with van der Waals surface area (Å²) < 4.78 is 0. The van der Waals surface area contributed by atoms with Crippen molar-refractivity contribution in [3.63, 3.8) is 0 Å². The molecular formula is C33H44Br3P. The number of alkyl halides is 2. The van der Waals surface area contributed by atoms with Crippen molar-refractivity contribution in [2.45, 2.75) is 62.6 Å². The zero-order chi connectivity index (χ0) is 26.6. The summed E-state index contributed by atoms with van der Waals surface area (Å²) in [5, 5.41) is -1.08. The SMILES string of the molecule is CCCCP(Br)(CCCC)(CCCC(c1ccccc1)(c1ccccc1)c1ccccc1)CC(Br)CBr. The predicted molar refractivity (Wildman–Crippen MR) is 180 cm³/mol. The Morgan fingerprint density at radius 3 is 1.38 bits per heavy atom. The number of hydrogen-bond acceptors (Lipinski definition) is 0. The van der Waals surface area contributed by atoms with Crippen LogP contribution in [0.4, 0.5) is 0 Å². The summed E-state index contributed by atoms with van der Waals surface area (Å²) in [5.41, 5.74) is 4.01. The van der Waals surface area contributed by atoms with Crippen molar-refractivity contribution in [1.82, 2.24) is 0 Å². The zero-order valence-corrected chi connectivity index (χ0v) is 28.2. The summed E-state index contributed by atoms with van der Waals surface area (Å²) in [4.78, 5) is 0.514. The summed E-state index contributed by atoms with van der Waals surface area (Å²) in [7, 11) is 0. The van der Waals surface area contributed by atoms with Gasteiger partial charge in [-0.2, -0.15) is 0 Å². The normalized spacial score (nSPS) is 14.1. The molecule has 0 fully saturated rings. The molecule has 3 aromatic rings. The molecule has 37 heavy (non-hydrogen) atoms. The summed E-state index contributed by atoms with van der Waals surface area (Å²) in [6.45, 7) is 4.69. The van der Waals surface area contributed by atoms with Gasteiger partial charge in [0.15, 0.2) is 0 Å². The molecule has 0 aliphatic rings. The molecule has 0 amide bonds. The molecule has 0 aliphatic carbocycles. The Morgan fingerprint density at radius 1 is 0.649 bits per heavy atom. The van der Waals surface area contributed by atoms with Gasteiger partial charge in [-0.05, 0) is 0 Å². The van der Waals surface area contributed by atoms with E-state index in [1.54, 1.807) is 0 Å². The molecule has 0 aliphatic heterocycles. The van der Waals surface area contributed by atoms with Crippen LogP contribution >= 0.6 is 52.7 Å². The van der Waals surface area contributed by atoms with Crippen LogP contribution in [0, 0.1) is 0 Å². The van der Waals surface area contributed by atoms with Gasteiger partial charge >= 0.3 is 253 Å². The average molecular weight is 711 g/mol. The van der Waals surface area contributed by atoms with Gasteiger partial charge in [-0.25, -0.2) is 0 Å². The molecule has 0 aromatic heterocycles. The Balaban J connectivity index is 2.07. The third-order valence-electron chi connectivity index (χ3n) is 8.03. The van der Waals surface area contributed by atoms with Gasteiger partial charge in [0, 0.05) is 0 Å². The Hall–Kier alpha value is -0.470. The van der Waals surface area contributed by atoms with Crippen molar-refractivity contribution in [1.29, 1.82) is 0 Å². The second kappa shape index (κ2) is 14.8. The summed E-state index contributed by atoms with van der Waals surface area (Å²) in [6.07, 6.45) is 12.7. The number of halogens is 3. The van der Waals surface area contributed by atoms with E-state index in [1.165, 1.54) is 73.4 Å². The molecule has 0 spiro atoms. The minimum absolute atomic E-state index is 0.162. The van der Waals surface area contributed by atoms with E-state index in [0.29, 0.717) is 4.83 Å². The maximum atomic E-state index is 4.65. The van der Waals surface area contributed by atoms with Gasteiger partial charge in [-0.15, -0.1) is 0 Å². The molecule has 0 bridgehead atoms. The van der Waals surface area contributed by atoms with E-state index in [0.717, 1.165) is 11.8 Å². The van der Waals surface area contributed by atoms with E-state index >= 15 is 0 Å². The standard InChI is InChI=1S/C33H44Br3P/c1-3-5-24-37(36,25-6-4-2,28-32(35)27-34)26-16-23-33(29-17-10-7-11-18-29,30-19-12-8-13-20-30)31-21-14-9-15-22-31/h7-15,17-22,32H,3-6,16,23-28H2,1-2H3. The molecular weight excluding hydrogens is 667 g/mol. The van der Waals surface area contributed by atoms with Crippen LogP contribution < -0.4 is 0 Å². The van der Waals surface area contributed by atoms with Gasteiger partial charge < -0.3 is 0 Å². The summed E-state index contributed by atoms with van der Waals surface area (Å²) in [5.74, 6) is 0. The molecule has 4 heteroatoms. The molecule has 0 heterocycles. The summed E-state index contributed by atoms with van der Waals surface area (Å²) in [6, 6.07) is 33.6. The topological polar surface area (TPSA) is 0 Å². The van der Waals surface area contributed by atoms with E-state index in [1.807, 2.05) is 0 Å². The van der Waals surface area contributed by atoms with Crippen LogP contribution in [0.5, 0.6) is 0 Å². The summed E-state index contributed by atoms with van der Waals surface area (Å²) >= 11 is 12.5. The monoisotopic (exact) mass is 708 g/mol. The van der Waals surface area contributed by atoms with Crippen LogP contribution in [-0.4, -0.2) is 34.8 Å². The van der Waals surface area contributed by atoms with Crippen molar-refractivity contribution in [2.75, 3.05) is 30.0 Å². The predicted octanol–water partition coefficient (Wildman–Crippen LogP) is 11.4. The Morgan fingerprint density at radius 2 is 1.03 bits per heavy atom. The number of unbranched alkanes of at least 4 members (excludes halogenated alkanes) is 2. The molecule has 3 aromatic carbocycles. The van der Waals surface area contributed by atoms with Crippen LogP contribution in [0.2, 0.25) is 0 Å². The number of benzene rings is 3. The van der Waals surface area contributed by atoms with Crippen LogP contribution in [0.3, 0.4) is 0 Å². The van der Waals surface area contributed by atoms with Crippen LogP contribution in [0.15, 0.2) is 91.0 Å². The minimum atomic E-state index is -2.09. The zero-order valence-electron chi connectivity index (χ0n) is 22.6. The quantitative estimate of drug-likeness (QED) is 0.0789. The first-order chi connectivity index (χ1) is 17.9. The van der Waals surface area contributed by atoms with Crippen molar-refractivity contribution in [3.05, 3.63) is 108 Å². The van der Waals surface area contributed by atoms with Gasteiger partial charge in [0.25, 0.3) is 0 Å². The fraction of sp³-hybridized carbons (Fsp3) is 0.455. The molecule has 1 unspecified atom stereocenters. The van der Waals surface area contributed by atoms with Crippen LogP contribution in [-0.2, 0) is 5.41 Å². The molecule has 0 saturated carbocycles. The molecule has 1 atom stereocenters. The van der Waals surface area contributed by atoms with Gasteiger partial charge in [0.05, 0.1) is 0 Å². The fourth-order valence-corrected chi connectivity index (χ4v) is 18.9. The molecule has 0 saturated heterocycles.